The van der Waals surface area contributed by atoms with E-state index in [-0.39, 0.29) is 5.91 Å². The molecule has 4 rings (SSSR count). The minimum absolute atomic E-state index is 0.311. The van der Waals surface area contributed by atoms with E-state index in [0.717, 1.165) is 10.9 Å². The van der Waals surface area contributed by atoms with Gasteiger partial charge in [0.25, 0.3) is 5.91 Å². The zero-order valence-corrected chi connectivity index (χ0v) is 13.0. The highest BCUT2D eigenvalue weighted by molar-refractivity contribution is 6.01. The van der Waals surface area contributed by atoms with Gasteiger partial charge in [0.15, 0.2) is 5.76 Å². The molecule has 0 saturated heterocycles. The van der Waals surface area contributed by atoms with Gasteiger partial charge in [-0.15, -0.1) is 0 Å². The third-order valence-electron chi connectivity index (χ3n) is 3.63. The lowest BCUT2D eigenvalue weighted by Gasteiger charge is -2.06. The van der Waals surface area contributed by atoms with Crippen LogP contribution in [0.5, 0.6) is 0 Å². The molecule has 2 aromatic carbocycles. The van der Waals surface area contributed by atoms with Crippen molar-refractivity contribution in [3.63, 3.8) is 0 Å². The predicted molar refractivity (Wildman–Crippen MR) is 92.6 cm³/mol. The Balaban J connectivity index is 1.61. The van der Waals surface area contributed by atoms with Crippen LogP contribution in [-0.4, -0.2) is 21.0 Å². The topological polar surface area (TPSA) is 92.9 Å². The van der Waals surface area contributed by atoms with Gasteiger partial charge in [-0.3, -0.25) is 15.6 Å². The lowest BCUT2D eigenvalue weighted by atomic mass is 10.1. The standard InChI is InChI=1S/C18H13N5O2/c24-17(21-22-18-19-9-4-10-20-18)13-7-8-15-14(11-13)16(25-23-15)12-5-2-1-3-6-12/h1-11H,(H,21,24)(H,19,20,22). The summed E-state index contributed by atoms with van der Waals surface area (Å²) >= 11 is 0. The number of amides is 1. The quantitative estimate of drug-likeness (QED) is 0.558. The number of carbonyl (C=O) groups is 1. The molecular formula is C18H13N5O2. The molecule has 0 radical (unpaired) electrons. The molecule has 0 atom stereocenters. The highest BCUT2D eigenvalue weighted by Crippen LogP contribution is 2.29. The zero-order valence-electron chi connectivity index (χ0n) is 13.0. The van der Waals surface area contributed by atoms with E-state index in [1.54, 1.807) is 36.7 Å². The Bertz CT molecular complexity index is 1020. The number of carbonyl (C=O) groups excluding carboxylic acids is 1. The Morgan fingerprint density at radius 3 is 2.56 bits per heavy atom. The van der Waals surface area contributed by atoms with Crippen molar-refractivity contribution < 1.29 is 9.32 Å². The van der Waals surface area contributed by atoms with Crippen LogP contribution < -0.4 is 10.9 Å². The SMILES string of the molecule is O=C(NNc1ncccn1)c1ccc2noc(-c3ccccc3)c2c1. The molecule has 2 heterocycles. The van der Waals surface area contributed by atoms with Crippen LogP contribution in [0, 0.1) is 0 Å². The summed E-state index contributed by atoms with van der Waals surface area (Å²) in [6, 6.07) is 16.5. The minimum atomic E-state index is -0.311. The number of rotatable bonds is 4. The molecule has 4 aromatic rings. The van der Waals surface area contributed by atoms with E-state index in [0.29, 0.717) is 22.8 Å². The number of aromatic nitrogens is 3. The fourth-order valence-electron chi connectivity index (χ4n) is 2.43. The second-order valence-corrected chi connectivity index (χ2v) is 5.26. The molecule has 0 aliphatic rings. The number of hydrogen-bond acceptors (Lipinski definition) is 6. The van der Waals surface area contributed by atoms with Crippen molar-refractivity contribution in [2.75, 3.05) is 5.43 Å². The molecule has 0 aliphatic heterocycles. The summed E-state index contributed by atoms with van der Waals surface area (Å²) in [5.41, 5.74) is 7.30. The summed E-state index contributed by atoms with van der Waals surface area (Å²) in [6.07, 6.45) is 3.16. The summed E-state index contributed by atoms with van der Waals surface area (Å²) < 4.78 is 5.45. The molecule has 0 aliphatic carbocycles. The smallest absolute Gasteiger partial charge is 0.269 e. The van der Waals surface area contributed by atoms with E-state index in [2.05, 4.69) is 26.0 Å². The molecule has 1 amide bonds. The van der Waals surface area contributed by atoms with Crippen LogP contribution in [-0.2, 0) is 0 Å². The molecule has 2 N–H and O–H groups in total. The molecule has 7 heteroatoms. The lowest BCUT2D eigenvalue weighted by molar-refractivity contribution is 0.0962. The Hall–Kier alpha value is -3.74. The van der Waals surface area contributed by atoms with Crippen LogP contribution in [0.25, 0.3) is 22.2 Å². The molecule has 122 valence electrons. The first-order valence-electron chi connectivity index (χ1n) is 7.59. The van der Waals surface area contributed by atoms with Crippen molar-refractivity contribution >= 4 is 22.8 Å². The van der Waals surface area contributed by atoms with E-state index in [1.807, 2.05) is 30.3 Å². The van der Waals surface area contributed by atoms with Gasteiger partial charge < -0.3 is 4.52 Å². The van der Waals surface area contributed by atoms with Crippen LogP contribution in [0.3, 0.4) is 0 Å². The Morgan fingerprint density at radius 2 is 1.76 bits per heavy atom. The van der Waals surface area contributed by atoms with E-state index < -0.39 is 0 Å². The molecule has 0 unspecified atom stereocenters. The van der Waals surface area contributed by atoms with Gasteiger partial charge in [-0.05, 0) is 24.3 Å². The van der Waals surface area contributed by atoms with Crippen molar-refractivity contribution in [3.05, 3.63) is 72.6 Å². The van der Waals surface area contributed by atoms with Gasteiger partial charge in [-0.2, -0.15) is 0 Å². The third kappa shape index (κ3) is 3.02. The van der Waals surface area contributed by atoms with Crippen LogP contribution in [0.2, 0.25) is 0 Å². The third-order valence-corrected chi connectivity index (χ3v) is 3.63. The van der Waals surface area contributed by atoms with E-state index in [4.69, 9.17) is 4.52 Å². The van der Waals surface area contributed by atoms with Crippen molar-refractivity contribution in [2.24, 2.45) is 0 Å². The summed E-state index contributed by atoms with van der Waals surface area (Å²) in [4.78, 5) is 20.3. The lowest BCUT2D eigenvalue weighted by Crippen LogP contribution is -2.30. The molecule has 25 heavy (non-hydrogen) atoms. The largest absolute Gasteiger partial charge is 0.355 e. The predicted octanol–water partition coefficient (Wildman–Crippen LogP) is 3.04. The number of nitrogens with one attached hydrogen (secondary N) is 2. The number of hydrazine groups is 1. The van der Waals surface area contributed by atoms with Crippen LogP contribution in [0.4, 0.5) is 5.95 Å². The van der Waals surface area contributed by atoms with Gasteiger partial charge in [0.05, 0.1) is 5.39 Å². The minimum Gasteiger partial charge on any atom is -0.355 e. The monoisotopic (exact) mass is 331 g/mol. The molecule has 0 bridgehead atoms. The van der Waals surface area contributed by atoms with Crippen molar-refractivity contribution in [1.82, 2.24) is 20.6 Å². The normalized spacial score (nSPS) is 10.6. The molecule has 2 aromatic heterocycles. The molecular weight excluding hydrogens is 318 g/mol. The maximum absolute atomic E-state index is 12.4. The number of hydrogen-bond donors (Lipinski definition) is 2. The van der Waals surface area contributed by atoms with Crippen molar-refractivity contribution in [1.29, 1.82) is 0 Å². The Kier molecular flexibility index (Phi) is 3.80. The van der Waals surface area contributed by atoms with E-state index in [9.17, 15) is 4.79 Å². The zero-order chi connectivity index (χ0) is 17.1. The van der Waals surface area contributed by atoms with Crippen LogP contribution >= 0.6 is 0 Å². The summed E-state index contributed by atoms with van der Waals surface area (Å²) in [5.74, 6) is 0.631. The van der Waals surface area contributed by atoms with E-state index in [1.165, 1.54) is 0 Å². The van der Waals surface area contributed by atoms with Crippen LogP contribution in [0.15, 0.2) is 71.5 Å². The van der Waals surface area contributed by atoms with Gasteiger partial charge in [-0.1, -0.05) is 35.5 Å². The maximum Gasteiger partial charge on any atom is 0.269 e. The van der Waals surface area contributed by atoms with Gasteiger partial charge in [0.1, 0.15) is 5.52 Å². The highest BCUT2D eigenvalue weighted by Gasteiger charge is 2.14. The van der Waals surface area contributed by atoms with Crippen LogP contribution in [0.1, 0.15) is 10.4 Å². The van der Waals surface area contributed by atoms with Gasteiger partial charge in [0, 0.05) is 23.5 Å². The number of benzene rings is 2. The fraction of sp³-hybridized carbons (Fsp3) is 0. The molecule has 0 saturated carbocycles. The maximum atomic E-state index is 12.4. The second-order valence-electron chi connectivity index (χ2n) is 5.26. The fourth-order valence-corrected chi connectivity index (χ4v) is 2.43. The van der Waals surface area contributed by atoms with Gasteiger partial charge in [-0.25, -0.2) is 9.97 Å². The Labute approximate surface area is 142 Å². The first-order valence-corrected chi connectivity index (χ1v) is 7.59. The van der Waals surface area contributed by atoms with E-state index >= 15 is 0 Å². The van der Waals surface area contributed by atoms with Crippen molar-refractivity contribution in [2.45, 2.75) is 0 Å². The first kappa shape index (κ1) is 14.8. The molecule has 7 nitrogen and oxygen atoms in total. The first-order chi connectivity index (χ1) is 12.3. The average molecular weight is 331 g/mol. The Morgan fingerprint density at radius 1 is 0.960 bits per heavy atom. The second kappa shape index (κ2) is 6.40. The number of nitrogens with zero attached hydrogens (tertiary/aromatic N) is 3. The summed E-state index contributed by atoms with van der Waals surface area (Å²) in [7, 11) is 0. The average Bonchev–Trinajstić information content (AvgIpc) is 3.11. The molecule has 0 fully saturated rings. The van der Waals surface area contributed by atoms with Gasteiger partial charge >= 0.3 is 0 Å². The highest BCUT2D eigenvalue weighted by atomic mass is 16.5. The number of anilines is 1. The summed E-state index contributed by atoms with van der Waals surface area (Å²) in [5, 5.41) is 4.82. The van der Waals surface area contributed by atoms with Crippen molar-refractivity contribution in [3.8, 4) is 11.3 Å². The van der Waals surface area contributed by atoms with Gasteiger partial charge in [0.2, 0.25) is 5.95 Å². The summed E-state index contributed by atoms with van der Waals surface area (Å²) in [6.45, 7) is 0. The number of fused-ring (bicyclic) bond motifs is 1. The molecule has 0 spiro atoms.